The van der Waals surface area contributed by atoms with E-state index in [4.69, 9.17) is 0 Å². The first-order valence-electron chi connectivity index (χ1n) is 10.2. The minimum Gasteiger partial charge on any atom is -0.363 e. The van der Waals surface area contributed by atoms with Gasteiger partial charge in [-0.05, 0) is 56.3 Å². The highest BCUT2D eigenvalue weighted by Crippen LogP contribution is 2.26. The molecule has 1 amide bonds. The van der Waals surface area contributed by atoms with Gasteiger partial charge in [0.05, 0.1) is 17.5 Å². The Morgan fingerprint density at radius 2 is 2.07 bits per heavy atom. The van der Waals surface area contributed by atoms with Gasteiger partial charge in [-0.15, -0.1) is 0 Å². The maximum Gasteiger partial charge on any atom is 0.228 e. The number of hydrogen-bond donors (Lipinski definition) is 2. The Morgan fingerprint density at radius 1 is 1.21 bits per heavy atom. The third-order valence-corrected chi connectivity index (χ3v) is 5.64. The lowest BCUT2D eigenvalue weighted by atomic mass is 10.1. The summed E-state index contributed by atoms with van der Waals surface area (Å²) in [5, 5.41) is 7.57. The Hall–Kier alpha value is -2.99. The molecule has 1 aliphatic heterocycles. The van der Waals surface area contributed by atoms with E-state index >= 15 is 0 Å². The number of hydrogen-bond acceptors (Lipinski definition) is 5. The number of carbonyl (C=O) groups excluding carboxylic acids is 1. The first kappa shape index (κ1) is 19.3. The minimum absolute atomic E-state index is 0.0345. The second-order valence-electron chi connectivity index (χ2n) is 7.60. The molecule has 1 aliphatic rings. The molecule has 0 spiro atoms. The summed E-state index contributed by atoms with van der Waals surface area (Å²) >= 11 is 0. The quantitative estimate of drug-likeness (QED) is 0.665. The number of fused-ring (bicyclic) bond motifs is 1. The number of likely N-dealkylation sites (tertiary alicyclic amines) is 1. The van der Waals surface area contributed by atoms with Gasteiger partial charge in [-0.1, -0.05) is 31.2 Å². The Labute approximate surface area is 171 Å². The minimum atomic E-state index is 0.0345. The highest BCUT2D eigenvalue weighted by molar-refractivity contribution is 5.93. The van der Waals surface area contributed by atoms with E-state index in [0.717, 1.165) is 54.0 Å². The van der Waals surface area contributed by atoms with Crippen molar-refractivity contribution in [1.82, 2.24) is 14.9 Å². The lowest BCUT2D eigenvalue weighted by Crippen LogP contribution is -2.27. The summed E-state index contributed by atoms with van der Waals surface area (Å²) in [6.45, 7) is 7.08. The van der Waals surface area contributed by atoms with Crippen LogP contribution in [0.1, 0.15) is 31.9 Å². The Bertz CT molecular complexity index is 1000. The number of benzene rings is 2. The first-order valence-corrected chi connectivity index (χ1v) is 10.2. The van der Waals surface area contributed by atoms with Gasteiger partial charge in [0.2, 0.25) is 5.91 Å². The fraction of sp³-hybridized carbons (Fsp3) is 0.348. The fourth-order valence-electron chi connectivity index (χ4n) is 3.87. The Balaban J connectivity index is 1.46. The molecule has 2 N–H and O–H groups in total. The van der Waals surface area contributed by atoms with Crippen LogP contribution in [0.15, 0.2) is 54.9 Å². The average molecular weight is 390 g/mol. The molecule has 0 bridgehead atoms. The molecule has 0 radical (unpaired) electrons. The average Bonchev–Trinajstić information content (AvgIpc) is 3.24. The topological polar surface area (TPSA) is 70.2 Å². The smallest absolute Gasteiger partial charge is 0.228 e. The van der Waals surface area contributed by atoms with Gasteiger partial charge in [-0.25, -0.2) is 9.97 Å². The standard InChI is InChI=1S/C23H27N5O/c1-3-28-12-11-18(14-28)23(29)27-19-8-6-7-17(13-19)16(2)26-22-20-9-4-5-10-21(20)24-15-25-22/h4-10,13,15-16,18H,3,11-12,14H2,1-2H3,(H,27,29)(H,24,25,26)/t16-,18?/m1/s1. The number of aromatic nitrogens is 2. The second-order valence-corrected chi connectivity index (χ2v) is 7.60. The van der Waals surface area contributed by atoms with E-state index in [-0.39, 0.29) is 17.9 Å². The number of para-hydroxylation sites is 1. The lowest BCUT2D eigenvalue weighted by molar-refractivity contribution is -0.119. The number of nitrogens with one attached hydrogen (secondary N) is 2. The zero-order chi connectivity index (χ0) is 20.2. The molecule has 4 rings (SSSR count). The molecule has 0 saturated carbocycles. The van der Waals surface area contributed by atoms with Gasteiger partial charge in [-0.2, -0.15) is 0 Å². The zero-order valence-corrected chi connectivity index (χ0v) is 16.9. The van der Waals surface area contributed by atoms with Gasteiger partial charge < -0.3 is 15.5 Å². The molecule has 1 unspecified atom stereocenters. The maximum atomic E-state index is 12.6. The molecule has 1 saturated heterocycles. The fourth-order valence-corrected chi connectivity index (χ4v) is 3.87. The molecule has 0 aliphatic carbocycles. The van der Waals surface area contributed by atoms with Gasteiger partial charge in [0.15, 0.2) is 0 Å². The highest BCUT2D eigenvalue weighted by atomic mass is 16.1. The maximum absolute atomic E-state index is 12.6. The summed E-state index contributed by atoms with van der Waals surface area (Å²) in [7, 11) is 0. The number of rotatable bonds is 6. The third kappa shape index (κ3) is 4.38. The van der Waals surface area contributed by atoms with Crippen LogP contribution in [0.4, 0.5) is 11.5 Å². The van der Waals surface area contributed by atoms with Crippen LogP contribution in [0, 0.1) is 5.92 Å². The number of carbonyl (C=O) groups is 1. The van der Waals surface area contributed by atoms with Gasteiger partial charge in [-0.3, -0.25) is 4.79 Å². The van der Waals surface area contributed by atoms with Crippen LogP contribution in [0.2, 0.25) is 0 Å². The Morgan fingerprint density at radius 3 is 2.90 bits per heavy atom. The molecular weight excluding hydrogens is 362 g/mol. The van der Waals surface area contributed by atoms with E-state index in [9.17, 15) is 4.79 Å². The summed E-state index contributed by atoms with van der Waals surface area (Å²) in [4.78, 5) is 23.7. The molecule has 2 aromatic carbocycles. The van der Waals surface area contributed by atoms with Crippen molar-refractivity contribution in [1.29, 1.82) is 0 Å². The Kier molecular flexibility index (Phi) is 5.71. The highest BCUT2D eigenvalue weighted by Gasteiger charge is 2.27. The van der Waals surface area contributed by atoms with Crippen molar-refractivity contribution >= 4 is 28.3 Å². The SMILES string of the molecule is CCN1CCC(C(=O)Nc2cccc([C@@H](C)Nc3ncnc4ccccc34)c2)C1. The van der Waals surface area contributed by atoms with Crippen molar-refractivity contribution in [2.24, 2.45) is 5.92 Å². The van der Waals surface area contributed by atoms with Crippen LogP contribution < -0.4 is 10.6 Å². The van der Waals surface area contributed by atoms with E-state index in [2.05, 4.69) is 45.4 Å². The van der Waals surface area contributed by atoms with Crippen LogP contribution in [-0.2, 0) is 4.79 Å². The third-order valence-electron chi connectivity index (χ3n) is 5.64. The molecule has 150 valence electrons. The van der Waals surface area contributed by atoms with Crippen molar-refractivity contribution in [3.8, 4) is 0 Å². The van der Waals surface area contributed by atoms with Crippen LogP contribution in [0.25, 0.3) is 10.9 Å². The van der Waals surface area contributed by atoms with Crippen LogP contribution in [0.3, 0.4) is 0 Å². The number of amides is 1. The van der Waals surface area contributed by atoms with Crippen molar-refractivity contribution in [3.63, 3.8) is 0 Å². The van der Waals surface area contributed by atoms with Crippen molar-refractivity contribution < 1.29 is 4.79 Å². The predicted octanol–water partition coefficient (Wildman–Crippen LogP) is 4.08. The van der Waals surface area contributed by atoms with E-state index in [0.29, 0.717) is 0 Å². The zero-order valence-electron chi connectivity index (χ0n) is 16.9. The summed E-state index contributed by atoms with van der Waals surface area (Å²) in [6, 6.07) is 16.0. The van der Waals surface area contributed by atoms with Crippen molar-refractivity contribution in [2.45, 2.75) is 26.3 Å². The number of nitrogens with zero attached hydrogens (tertiary/aromatic N) is 3. The first-order chi connectivity index (χ1) is 14.1. The van der Waals surface area contributed by atoms with Gasteiger partial charge >= 0.3 is 0 Å². The largest absolute Gasteiger partial charge is 0.363 e. The lowest BCUT2D eigenvalue weighted by Gasteiger charge is -2.18. The molecule has 3 aromatic rings. The van der Waals surface area contributed by atoms with E-state index < -0.39 is 0 Å². The molecule has 6 heteroatoms. The molecule has 1 aromatic heterocycles. The molecular formula is C23H27N5O. The predicted molar refractivity (Wildman–Crippen MR) is 117 cm³/mol. The summed E-state index contributed by atoms with van der Waals surface area (Å²) in [5.74, 6) is 0.991. The van der Waals surface area contributed by atoms with Crippen LogP contribution >= 0.6 is 0 Å². The summed E-state index contributed by atoms with van der Waals surface area (Å²) in [6.07, 6.45) is 2.51. The molecule has 1 fully saturated rings. The number of anilines is 2. The molecule has 2 heterocycles. The summed E-state index contributed by atoms with van der Waals surface area (Å²) < 4.78 is 0. The van der Waals surface area contributed by atoms with Gasteiger partial charge in [0, 0.05) is 17.6 Å². The van der Waals surface area contributed by atoms with Crippen LogP contribution in [-0.4, -0.2) is 40.4 Å². The van der Waals surface area contributed by atoms with Crippen molar-refractivity contribution in [3.05, 3.63) is 60.4 Å². The van der Waals surface area contributed by atoms with Gasteiger partial charge in [0.1, 0.15) is 12.1 Å². The van der Waals surface area contributed by atoms with Crippen LogP contribution in [0.5, 0.6) is 0 Å². The van der Waals surface area contributed by atoms with Gasteiger partial charge in [0.25, 0.3) is 0 Å². The van der Waals surface area contributed by atoms with E-state index in [1.54, 1.807) is 6.33 Å². The second kappa shape index (κ2) is 8.57. The monoisotopic (exact) mass is 389 g/mol. The van der Waals surface area contributed by atoms with E-state index in [1.165, 1.54) is 0 Å². The molecule has 29 heavy (non-hydrogen) atoms. The molecule has 2 atom stereocenters. The normalized spacial score (nSPS) is 17.9. The summed E-state index contributed by atoms with van der Waals surface area (Å²) in [5.41, 5.74) is 2.84. The molecule has 6 nitrogen and oxygen atoms in total. The van der Waals surface area contributed by atoms with E-state index in [1.807, 2.05) is 42.5 Å². The van der Waals surface area contributed by atoms with Crippen molar-refractivity contribution in [2.75, 3.05) is 30.3 Å².